The molecule has 5 atom stereocenters. The van der Waals surface area contributed by atoms with E-state index < -0.39 is 36.2 Å². The predicted molar refractivity (Wildman–Crippen MR) is 133 cm³/mol. The van der Waals surface area contributed by atoms with E-state index in [1.165, 1.54) is 13.0 Å². The van der Waals surface area contributed by atoms with Crippen molar-refractivity contribution in [1.82, 2.24) is 15.6 Å². The molecule has 1 aliphatic heterocycles. The zero-order chi connectivity index (χ0) is 26.8. The maximum Gasteiger partial charge on any atom is 0.328 e. The number of amides is 2. The number of aromatic nitrogens is 1. The van der Waals surface area contributed by atoms with Gasteiger partial charge in [-0.3, -0.25) is 9.59 Å². The van der Waals surface area contributed by atoms with Crippen LogP contribution >= 0.6 is 0 Å². The summed E-state index contributed by atoms with van der Waals surface area (Å²) < 4.78 is 10.9. The van der Waals surface area contributed by atoms with Crippen molar-refractivity contribution in [2.45, 2.75) is 71.8 Å². The molecule has 0 spiro atoms. The van der Waals surface area contributed by atoms with Crippen LogP contribution in [0.2, 0.25) is 0 Å². The van der Waals surface area contributed by atoms with Crippen molar-refractivity contribution < 1.29 is 33.8 Å². The molecule has 4 N–H and O–H groups in total. The molecule has 0 aliphatic carbocycles. The van der Waals surface area contributed by atoms with E-state index in [1.807, 2.05) is 20.8 Å². The second-order valence-electron chi connectivity index (χ2n) is 9.40. The molecule has 2 amide bonds. The molecule has 10 heteroatoms. The third-order valence-electron chi connectivity index (χ3n) is 5.62. The second-order valence-corrected chi connectivity index (χ2v) is 9.40. The molecule has 0 saturated heterocycles. The molecule has 2 rings (SSSR count). The number of nitrogens with zero attached hydrogens (tertiary/aromatic N) is 1. The number of rotatable bonds is 1. The van der Waals surface area contributed by atoms with Crippen LogP contribution in [0.5, 0.6) is 0 Å². The summed E-state index contributed by atoms with van der Waals surface area (Å²) >= 11 is 0. The lowest BCUT2D eigenvalue weighted by Crippen LogP contribution is -2.42. The van der Waals surface area contributed by atoms with Crippen molar-refractivity contribution in [3.05, 3.63) is 53.8 Å². The highest BCUT2D eigenvalue weighted by atomic mass is 16.5. The minimum absolute atomic E-state index is 0.00233. The zero-order valence-corrected chi connectivity index (χ0v) is 21.4. The third-order valence-corrected chi connectivity index (χ3v) is 5.62. The van der Waals surface area contributed by atoms with Gasteiger partial charge in [0.05, 0.1) is 18.6 Å². The van der Waals surface area contributed by atoms with Crippen LogP contribution < -0.4 is 10.6 Å². The number of carbonyl (C=O) groups excluding carboxylic acids is 3. The van der Waals surface area contributed by atoms with Gasteiger partial charge in [-0.2, -0.15) is 0 Å². The number of esters is 1. The molecule has 2 bridgehead atoms. The van der Waals surface area contributed by atoms with E-state index in [-0.39, 0.29) is 48.7 Å². The van der Waals surface area contributed by atoms with Crippen molar-refractivity contribution in [2.75, 3.05) is 6.54 Å². The Labute approximate surface area is 211 Å². The largest absolute Gasteiger partial charge is 0.460 e. The Morgan fingerprint density at radius 1 is 1.14 bits per heavy atom. The van der Waals surface area contributed by atoms with E-state index in [2.05, 4.69) is 15.6 Å². The van der Waals surface area contributed by atoms with E-state index in [0.29, 0.717) is 0 Å². The topological polar surface area (TPSA) is 151 Å². The lowest BCUT2D eigenvalue weighted by atomic mass is 9.94. The first kappa shape index (κ1) is 29.0. The normalized spacial score (nSPS) is 30.9. The molecule has 0 fully saturated rings. The summed E-state index contributed by atoms with van der Waals surface area (Å²) in [6, 6.07) is -0.956. The molecule has 1 aromatic rings. The van der Waals surface area contributed by atoms with Gasteiger partial charge < -0.3 is 30.0 Å². The quantitative estimate of drug-likeness (QED) is 0.424. The number of aliphatic hydroxyl groups is 2. The van der Waals surface area contributed by atoms with Crippen LogP contribution in [0, 0.1) is 11.8 Å². The number of carbonyl (C=O) groups is 3. The van der Waals surface area contributed by atoms with Crippen LogP contribution in [-0.4, -0.2) is 63.9 Å². The number of aliphatic hydroxyl groups excluding tert-OH is 2. The number of cyclic esters (lactones) is 1. The van der Waals surface area contributed by atoms with Crippen molar-refractivity contribution in [3.8, 4) is 0 Å². The first-order valence-corrected chi connectivity index (χ1v) is 12.1. The van der Waals surface area contributed by atoms with Crippen molar-refractivity contribution in [3.63, 3.8) is 0 Å². The van der Waals surface area contributed by atoms with Gasteiger partial charge in [0, 0.05) is 18.9 Å². The van der Waals surface area contributed by atoms with Crippen LogP contribution in [0.15, 0.2) is 46.6 Å². The number of oxazole rings is 1. The summed E-state index contributed by atoms with van der Waals surface area (Å²) in [6.07, 6.45) is 6.98. The minimum atomic E-state index is -0.959. The smallest absolute Gasteiger partial charge is 0.328 e. The summed E-state index contributed by atoms with van der Waals surface area (Å²) in [7, 11) is 0. The maximum atomic E-state index is 12.7. The SMILES string of the molecule is CC1=C\[C@@H](O)C[C@H](O)Cc2nc(co2)C(=O)N[C@H](C)C(=O)O[C@H](C(C)C)[C@H](C)/C=C/C(=O)NC/C=C\1. The van der Waals surface area contributed by atoms with E-state index in [4.69, 9.17) is 9.15 Å². The van der Waals surface area contributed by atoms with Crippen molar-refractivity contribution in [1.29, 1.82) is 0 Å². The minimum Gasteiger partial charge on any atom is -0.460 e. The molecule has 198 valence electrons. The van der Waals surface area contributed by atoms with E-state index >= 15 is 0 Å². The first-order valence-electron chi connectivity index (χ1n) is 12.1. The van der Waals surface area contributed by atoms with E-state index in [1.54, 1.807) is 31.2 Å². The summed E-state index contributed by atoms with van der Waals surface area (Å²) in [5.74, 6) is -1.70. The molecule has 0 saturated carbocycles. The fraction of sp³-hybridized carbons (Fsp3) is 0.538. The highest BCUT2D eigenvalue weighted by Gasteiger charge is 2.28. The molecule has 1 aromatic heterocycles. The van der Waals surface area contributed by atoms with E-state index in [0.717, 1.165) is 11.8 Å². The standard InChI is InChI=1S/C26H37N3O7/c1-15(2)24-17(4)8-9-22(32)27-10-6-7-16(3)11-19(30)12-20(31)13-23-29-21(14-35-23)25(33)28-18(5)26(34)36-24/h6-9,11,14-15,17-20,24,30-31H,10,12-13H2,1-5H3,(H,27,32)(H,28,33)/b7-6-,9-8+,16-11+/t17-,18-,19-,20+,24-/m1/s1. The van der Waals surface area contributed by atoms with Gasteiger partial charge >= 0.3 is 5.97 Å². The molecular formula is C26H37N3O7. The average molecular weight is 504 g/mol. The average Bonchev–Trinajstić information content (AvgIpc) is 3.25. The van der Waals surface area contributed by atoms with Gasteiger partial charge in [0.1, 0.15) is 18.4 Å². The fourth-order valence-corrected chi connectivity index (χ4v) is 3.73. The molecule has 10 nitrogen and oxygen atoms in total. The lowest BCUT2D eigenvalue weighted by molar-refractivity contribution is -0.155. The number of ether oxygens (including phenoxy) is 1. The number of allylic oxidation sites excluding steroid dienone is 2. The highest BCUT2D eigenvalue weighted by molar-refractivity contribution is 5.94. The Morgan fingerprint density at radius 3 is 2.56 bits per heavy atom. The van der Waals surface area contributed by atoms with Crippen LogP contribution in [0.1, 0.15) is 57.4 Å². The number of hydrogen-bond donors (Lipinski definition) is 4. The lowest BCUT2D eigenvalue weighted by Gasteiger charge is -2.27. The Morgan fingerprint density at radius 2 is 1.86 bits per heavy atom. The second kappa shape index (κ2) is 13.7. The van der Waals surface area contributed by atoms with Gasteiger partial charge in [0.15, 0.2) is 11.6 Å². The van der Waals surface area contributed by atoms with Gasteiger partial charge in [-0.15, -0.1) is 0 Å². The van der Waals surface area contributed by atoms with Crippen LogP contribution in [0.4, 0.5) is 0 Å². The van der Waals surface area contributed by atoms with Gasteiger partial charge in [-0.05, 0) is 25.8 Å². The molecule has 0 unspecified atom stereocenters. The van der Waals surface area contributed by atoms with Gasteiger partial charge in [0.25, 0.3) is 5.91 Å². The maximum absolute atomic E-state index is 12.7. The third kappa shape index (κ3) is 9.43. The number of hydrogen-bond acceptors (Lipinski definition) is 8. The first-order chi connectivity index (χ1) is 17.0. The Bertz CT molecular complexity index is 995. The molecule has 0 aromatic carbocycles. The highest BCUT2D eigenvalue weighted by Crippen LogP contribution is 2.19. The van der Waals surface area contributed by atoms with Crippen molar-refractivity contribution in [2.24, 2.45) is 11.8 Å². The Kier molecular flexibility index (Phi) is 11.1. The van der Waals surface area contributed by atoms with Gasteiger partial charge in [-0.25, -0.2) is 9.78 Å². The molecule has 1 aliphatic rings. The summed E-state index contributed by atoms with van der Waals surface area (Å²) in [4.78, 5) is 41.5. The van der Waals surface area contributed by atoms with E-state index in [9.17, 15) is 24.6 Å². The zero-order valence-electron chi connectivity index (χ0n) is 21.4. The van der Waals surface area contributed by atoms with Gasteiger partial charge in [0.2, 0.25) is 5.91 Å². The monoisotopic (exact) mass is 503 g/mol. The Balaban J connectivity index is 2.24. The summed E-state index contributed by atoms with van der Waals surface area (Å²) in [6.45, 7) is 9.24. The van der Waals surface area contributed by atoms with Crippen molar-refractivity contribution >= 4 is 17.8 Å². The van der Waals surface area contributed by atoms with Crippen LogP contribution in [-0.2, 0) is 20.7 Å². The fourth-order valence-electron chi connectivity index (χ4n) is 3.73. The van der Waals surface area contributed by atoms with Gasteiger partial charge in [-0.1, -0.05) is 50.6 Å². The van der Waals surface area contributed by atoms with Crippen LogP contribution in [0.3, 0.4) is 0 Å². The number of nitrogens with one attached hydrogen (secondary N) is 2. The molecule has 0 radical (unpaired) electrons. The number of fused-ring (bicyclic) bond motifs is 2. The summed E-state index contributed by atoms with van der Waals surface area (Å²) in [5.41, 5.74) is 0.719. The molecular weight excluding hydrogens is 466 g/mol. The molecule has 2 heterocycles. The van der Waals surface area contributed by atoms with Crippen LogP contribution in [0.25, 0.3) is 0 Å². The summed E-state index contributed by atoms with van der Waals surface area (Å²) in [5, 5.41) is 25.8. The predicted octanol–water partition coefficient (Wildman–Crippen LogP) is 1.84. The Hall–Kier alpha value is -3.24. The molecule has 36 heavy (non-hydrogen) atoms.